The average Bonchev–Trinajstić information content (AvgIpc) is 3.35. The first-order valence-electron chi connectivity index (χ1n) is 10.5. The molecule has 0 atom stereocenters. The Bertz CT molecular complexity index is 1570. The van der Waals surface area contributed by atoms with Gasteiger partial charge in [-0.15, -0.1) is 0 Å². The lowest BCUT2D eigenvalue weighted by atomic mass is 10.1. The molecule has 1 amide bonds. The van der Waals surface area contributed by atoms with Crippen LogP contribution in [0.25, 0.3) is 34.0 Å². The number of thiocarbonyl (C=S) groups is 1. The first-order chi connectivity index (χ1) is 17.2. The van der Waals surface area contributed by atoms with Gasteiger partial charge in [0.05, 0.1) is 32.9 Å². The number of carbonyl (C=O) groups is 1. The fraction of sp³-hybridized carbons (Fsp3) is 0.125. The molecule has 4 rings (SSSR count). The quantitative estimate of drug-likeness (QED) is 0.266. The highest BCUT2D eigenvalue weighted by Crippen LogP contribution is 2.33. The van der Waals surface area contributed by atoms with E-state index in [2.05, 4.69) is 37.5 Å². The second kappa shape index (κ2) is 10.2. The molecule has 0 radical (unpaired) electrons. The van der Waals surface area contributed by atoms with Gasteiger partial charge in [0, 0.05) is 17.2 Å². The van der Waals surface area contributed by atoms with E-state index in [0.717, 1.165) is 5.56 Å². The number of ether oxygens (including phenoxy) is 1. The Balaban J connectivity index is 1.72. The molecule has 2 aromatic heterocycles. The summed E-state index contributed by atoms with van der Waals surface area (Å²) in [7, 11) is -3.42. The molecule has 0 saturated carbocycles. The molecule has 0 bridgehead atoms. The number of carbonyl (C=O) groups excluding carboxylic acids is 1. The molecule has 36 heavy (non-hydrogen) atoms. The van der Waals surface area contributed by atoms with Crippen LogP contribution >= 0.6 is 12.2 Å². The maximum Gasteiger partial charge on any atom is 0.411 e. The molecule has 0 spiro atoms. The molecule has 0 fully saturated rings. The van der Waals surface area contributed by atoms with Gasteiger partial charge in [0.15, 0.2) is 21.3 Å². The first kappa shape index (κ1) is 24.9. The molecule has 0 saturated heterocycles. The summed E-state index contributed by atoms with van der Waals surface area (Å²) in [6.45, 7) is 3.23. The highest BCUT2D eigenvalue weighted by molar-refractivity contribution is 7.92. The molecule has 12 heteroatoms. The Morgan fingerprint density at radius 2 is 1.72 bits per heavy atom. The fourth-order valence-corrected chi connectivity index (χ4v) is 4.38. The van der Waals surface area contributed by atoms with Crippen molar-refractivity contribution in [3.63, 3.8) is 0 Å². The van der Waals surface area contributed by atoms with Crippen LogP contribution in [0.2, 0.25) is 0 Å². The Morgan fingerprint density at radius 3 is 2.33 bits per heavy atom. The van der Waals surface area contributed by atoms with Gasteiger partial charge in [-0.2, -0.15) is 4.99 Å². The van der Waals surface area contributed by atoms with Gasteiger partial charge in [-0.05, 0) is 50.3 Å². The van der Waals surface area contributed by atoms with E-state index in [0.29, 0.717) is 22.6 Å². The van der Waals surface area contributed by atoms with Crippen LogP contribution < -0.4 is 10.5 Å². The van der Waals surface area contributed by atoms with Crippen LogP contribution in [-0.2, 0) is 9.84 Å². The van der Waals surface area contributed by atoms with Crippen molar-refractivity contribution in [3.05, 3.63) is 60.8 Å². The van der Waals surface area contributed by atoms with E-state index < -0.39 is 21.2 Å². The Labute approximate surface area is 211 Å². The molecule has 10 nitrogen and oxygen atoms in total. The Kier molecular flexibility index (Phi) is 7.02. The van der Waals surface area contributed by atoms with E-state index in [1.807, 2.05) is 0 Å². The number of benzene rings is 2. The zero-order valence-electron chi connectivity index (χ0n) is 19.1. The summed E-state index contributed by atoms with van der Waals surface area (Å²) in [5, 5.41) is 5.82. The van der Waals surface area contributed by atoms with Crippen molar-refractivity contribution in [2.24, 2.45) is 10.7 Å². The maximum absolute atomic E-state index is 12.4. The highest BCUT2D eigenvalue weighted by atomic mass is 32.2. The molecule has 182 valence electrons. The van der Waals surface area contributed by atoms with Crippen molar-refractivity contribution >= 4 is 39.0 Å². The Morgan fingerprint density at radius 1 is 1.08 bits per heavy atom. The zero-order valence-corrected chi connectivity index (χ0v) is 20.7. The van der Waals surface area contributed by atoms with Crippen LogP contribution in [0, 0.1) is 0 Å². The molecule has 0 aliphatic rings. The van der Waals surface area contributed by atoms with Gasteiger partial charge >= 0.3 is 6.09 Å². The van der Waals surface area contributed by atoms with E-state index in [-0.39, 0.29) is 22.2 Å². The largest absolute Gasteiger partial charge is 0.411 e. The van der Waals surface area contributed by atoms with Gasteiger partial charge in [-0.3, -0.25) is 0 Å². The molecular weight excluding hydrogens is 502 g/mol. The number of nitrogens with two attached hydrogens (primary N) is 1. The van der Waals surface area contributed by atoms with E-state index in [1.165, 1.54) is 18.3 Å². The molecule has 0 aliphatic heterocycles. The summed E-state index contributed by atoms with van der Waals surface area (Å²) in [4.78, 5) is 24.2. The maximum atomic E-state index is 12.4. The molecule has 0 aliphatic carbocycles. The van der Waals surface area contributed by atoms with Crippen molar-refractivity contribution in [1.29, 1.82) is 0 Å². The number of nitrogens with zero attached hydrogens (tertiary/aromatic N) is 4. The number of primary amides is 1. The molecule has 4 aromatic rings. The third-order valence-electron chi connectivity index (χ3n) is 5.12. The number of amides is 1. The number of hydrogen-bond donors (Lipinski definition) is 1. The summed E-state index contributed by atoms with van der Waals surface area (Å²) in [5.41, 5.74) is 8.11. The minimum atomic E-state index is -3.42. The monoisotopic (exact) mass is 521 g/mol. The summed E-state index contributed by atoms with van der Waals surface area (Å²) < 4.78 is 35.3. The Hall–Kier alpha value is -4.25. The normalized spacial score (nSPS) is 11.2. The summed E-state index contributed by atoms with van der Waals surface area (Å²) >= 11 is 4.61. The van der Waals surface area contributed by atoms with Crippen LogP contribution in [0.3, 0.4) is 0 Å². The topological polar surface area (TPSA) is 151 Å². The van der Waals surface area contributed by atoms with Gasteiger partial charge in [-0.1, -0.05) is 29.4 Å². The van der Waals surface area contributed by atoms with Gasteiger partial charge in [-0.25, -0.2) is 23.2 Å². The fourth-order valence-electron chi connectivity index (χ4n) is 3.22. The predicted octanol–water partition coefficient (Wildman–Crippen LogP) is 4.84. The number of sulfone groups is 1. The van der Waals surface area contributed by atoms with Crippen LogP contribution in [-0.4, -0.2) is 40.0 Å². The molecule has 2 N–H and O–H groups in total. The third-order valence-corrected chi connectivity index (χ3v) is 7.38. The SMILES string of the molecule is CC(C)S(=O)(=O)c1ccc(-c2cnc(OC(N)=O)c(-c3cc(-c4ccc(N=C=S)cc4)no3)n2)cc1. The number of isothiocyanates is 1. The van der Waals surface area contributed by atoms with Gasteiger partial charge in [0.2, 0.25) is 0 Å². The van der Waals surface area contributed by atoms with Crippen LogP contribution in [0.1, 0.15) is 13.8 Å². The predicted molar refractivity (Wildman–Crippen MR) is 136 cm³/mol. The smallest absolute Gasteiger partial charge is 0.389 e. The number of rotatable bonds is 7. The number of hydrogen-bond acceptors (Lipinski definition) is 10. The molecule has 2 heterocycles. The van der Waals surface area contributed by atoms with Crippen molar-refractivity contribution in [2.75, 3.05) is 0 Å². The average molecular weight is 522 g/mol. The molecular formula is C24H19N5O5S2. The van der Waals surface area contributed by atoms with Gasteiger partial charge in [0.1, 0.15) is 5.69 Å². The third kappa shape index (κ3) is 5.20. The van der Waals surface area contributed by atoms with Crippen LogP contribution in [0.15, 0.2) is 75.2 Å². The number of aliphatic imine (C=N–C) groups is 1. The minimum Gasteiger partial charge on any atom is -0.389 e. The van der Waals surface area contributed by atoms with Crippen molar-refractivity contribution in [3.8, 4) is 39.8 Å². The minimum absolute atomic E-state index is 0.0888. The van der Waals surface area contributed by atoms with Gasteiger partial charge in [0.25, 0.3) is 5.88 Å². The van der Waals surface area contributed by atoms with Crippen molar-refractivity contribution in [1.82, 2.24) is 15.1 Å². The van der Waals surface area contributed by atoms with E-state index >= 15 is 0 Å². The lowest BCUT2D eigenvalue weighted by Gasteiger charge is -2.09. The van der Waals surface area contributed by atoms with Crippen molar-refractivity contribution < 1.29 is 22.5 Å². The van der Waals surface area contributed by atoms with E-state index in [9.17, 15) is 13.2 Å². The molecule has 0 unspecified atom stereocenters. The van der Waals surface area contributed by atoms with Crippen molar-refractivity contribution in [2.45, 2.75) is 24.0 Å². The second-order valence-electron chi connectivity index (χ2n) is 7.77. The lowest BCUT2D eigenvalue weighted by Crippen LogP contribution is -2.17. The van der Waals surface area contributed by atoms with E-state index in [4.69, 9.17) is 15.0 Å². The zero-order chi connectivity index (χ0) is 25.9. The number of aromatic nitrogens is 3. The summed E-state index contributed by atoms with van der Waals surface area (Å²) in [5.74, 6) is 0.00854. The second-order valence-corrected chi connectivity index (χ2v) is 10.5. The van der Waals surface area contributed by atoms with E-state index in [1.54, 1.807) is 56.3 Å². The van der Waals surface area contributed by atoms with Crippen LogP contribution in [0.5, 0.6) is 5.88 Å². The lowest BCUT2D eigenvalue weighted by molar-refractivity contribution is 0.209. The van der Waals surface area contributed by atoms with Gasteiger partial charge < -0.3 is 15.0 Å². The first-order valence-corrected chi connectivity index (χ1v) is 12.5. The van der Waals surface area contributed by atoms with Crippen LogP contribution in [0.4, 0.5) is 10.5 Å². The summed E-state index contributed by atoms with van der Waals surface area (Å²) in [6.07, 6.45) is 0.302. The molecule has 2 aromatic carbocycles. The summed E-state index contributed by atoms with van der Waals surface area (Å²) in [6, 6.07) is 14.9. The highest BCUT2D eigenvalue weighted by Gasteiger charge is 2.21. The standard InChI is InChI=1S/C24H19N5O5S2/c1-14(2)36(31,32)18-9-5-16(6-10-18)20-12-26-23(33-24(25)30)22(28-20)21-11-19(29-34-21)15-3-7-17(8-4-15)27-13-35/h3-12,14H,1-2H3,(H2,25,30).